The molecule has 3 aromatic carbocycles. The fraction of sp³-hybridized carbons (Fsp3) is 0.200. The molecule has 1 amide bonds. The van der Waals surface area contributed by atoms with Gasteiger partial charge in [0.25, 0.3) is 5.91 Å². The van der Waals surface area contributed by atoms with Crippen molar-refractivity contribution in [1.82, 2.24) is 0 Å². The number of carbonyl (C=O) groups is 2. The number of benzene rings is 3. The number of fused-ring (bicyclic) bond motifs is 1. The second kappa shape index (κ2) is 9.87. The summed E-state index contributed by atoms with van der Waals surface area (Å²) in [7, 11) is 1.48. The van der Waals surface area contributed by atoms with Crippen molar-refractivity contribution in [3.63, 3.8) is 0 Å². The Morgan fingerprint density at radius 1 is 0.938 bits per heavy atom. The van der Waals surface area contributed by atoms with Gasteiger partial charge in [-0.05, 0) is 29.8 Å². The summed E-state index contributed by atoms with van der Waals surface area (Å²) >= 11 is 0. The first-order valence-corrected chi connectivity index (χ1v) is 10.2. The number of hydrogen-bond donors (Lipinski definition) is 0. The number of carbonyl (C=O) groups excluding carboxylic acids is 2. The van der Waals surface area contributed by atoms with Crippen LogP contribution in [0, 0.1) is 0 Å². The second-order valence-corrected chi connectivity index (χ2v) is 7.08. The molecule has 0 aliphatic carbocycles. The number of nitrogens with zero attached hydrogens (tertiary/aromatic N) is 1. The number of methoxy groups -OCH3 is 1. The van der Waals surface area contributed by atoms with E-state index in [1.54, 1.807) is 4.90 Å². The molecule has 0 spiro atoms. The molecule has 0 unspecified atom stereocenters. The molecule has 164 valence electrons. The van der Waals surface area contributed by atoms with Crippen LogP contribution >= 0.6 is 0 Å². The first-order chi connectivity index (χ1) is 15.7. The quantitative estimate of drug-likeness (QED) is 0.527. The largest absolute Gasteiger partial charge is 0.493 e. The van der Waals surface area contributed by atoms with Crippen LogP contribution in [-0.4, -0.2) is 38.8 Å². The van der Waals surface area contributed by atoms with E-state index in [2.05, 4.69) is 0 Å². The van der Waals surface area contributed by atoms with E-state index < -0.39 is 12.6 Å². The lowest BCUT2D eigenvalue weighted by Gasteiger charge is -2.23. The zero-order chi connectivity index (χ0) is 22.3. The minimum absolute atomic E-state index is 0.216. The van der Waals surface area contributed by atoms with Crippen LogP contribution in [0.1, 0.15) is 15.9 Å². The van der Waals surface area contributed by atoms with Crippen molar-refractivity contribution >= 4 is 17.6 Å². The first kappa shape index (κ1) is 21.2. The molecule has 0 atom stereocenters. The molecule has 0 radical (unpaired) electrons. The topological polar surface area (TPSA) is 74.3 Å². The van der Waals surface area contributed by atoms with Crippen LogP contribution in [0.5, 0.6) is 17.2 Å². The van der Waals surface area contributed by atoms with E-state index in [-0.39, 0.29) is 11.5 Å². The molecule has 4 rings (SSSR count). The van der Waals surface area contributed by atoms with Gasteiger partial charge >= 0.3 is 5.97 Å². The van der Waals surface area contributed by atoms with Crippen molar-refractivity contribution in [2.75, 3.05) is 31.8 Å². The van der Waals surface area contributed by atoms with E-state index in [0.29, 0.717) is 37.0 Å². The molecule has 32 heavy (non-hydrogen) atoms. The van der Waals surface area contributed by atoms with Crippen LogP contribution in [0.2, 0.25) is 0 Å². The summed E-state index contributed by atoms with van der Waals surface area (Å²) in [6.45, 7) is 0.730. The van der Waals surface area contributed by atoms with Gasteiger partial charge < -0.3 is 23.8 Å². The predicted octanol–water partition coefficient (Wildman–Crippen LogP) is 3.86. The minimum atomic E-state index is -0.652. The zero-order valence-electron chi connectivity index (χ0n) is 17.7. The van der Waals surface area contributed by atoms with Gasteiger partial charge in [0.1, 0.15) is 13.2 Å². The normalized spacial score (nSPS) is 12.0. The molecule has 0 fully saturated rings. The number of anilines is 1. The van der Waals surface area contributed by atoms with Gasteiger partial charge in [-0.1, -0.05) is 48.5 Å². The van der Waals surface area contributed by atoms with E-state index in [4.69, 9.17) is 18.9 Å². The number of para-hydroxylation sites is 1. The Hall–Kier alpha value is -4.00. The van der Waals surface area contributed by atoms with Crippen LogP contribution < -0.4 is 19.1 Å². The van der Waals surface area contributed by atoms with Crippen LogP contribution in [0.15, 0.2) is 72.8 Å². The lowest BCUT2D eigenvalue weighted by molar-refractivity contribution is -0.121. The number of rotatable bonds is 7. The maximum atomic E-state index is 13.0. The van der Waals surface area contributed by atoms with Gasteiger partial charge in [0, 0.05) is 5.69 Å². The molecular weight excluding hydrogens is 410 g/mol. The van der Waals surface area contributed by atoms with E-state index in [9.17, 15) is 9.59 Å². The SMILES string of the molecule is COc1cc(C(=O)OCC(=O)N(Cc2ccccc2)c2ccccc2)cc2c1OCCO2. The highest BCUT2D eigenvalue weighted by Crippen LogP contribution is 2.40. The molecule has 1 aliphatic rings. The molecule has 0 saturated heterocycles. The molecule has 0 saturated carbocycles. The summed E-state index contributed by atoms with van der Waals surface area (Å²) in [5, 5.41) is 0. The fourth-order valence-electron chi connectivity index (χ4n) is 3.38. The molecule has 0 N–H and O–H groups in total. The van der Waals surface area contributed by atoms with Gasteiger partial charge in [0.15, 0.2) is 18.1 Å². The molecular formula is C25H23NO6. The third kappa shape index (κ3) is 4.83. The van der Waals surface area contributed by atoms with Crippen molar-refractivity contribution in [3.8, 4) is 17.2 Å². The molecule has 7 heteroatoms. The molecule has 0 aromatic heterocycles. The van der Waals surface area contributed by atoms with E-state index >= 15 is 0 Å². The van der Waals surface area contributed by atoms with E-state index in [1.165, 1.54) is 19.2 Å². The molecule has 3 aromatic rings. The predicted molar refractivity (Wildman–Crippen MR) is 118 cm³/mol. The Morgan fingerprint density at radius 3 is 2.34 bits per heavy atom. The summed E-state index contributed by atoms with van der Waals surface area (Å²) in [4.78, 5) is 27.3. The van der Waals surface area contributed by atoms with Gasteiger partial charge in [-0.2, -0.15) is 0 Å². The highest BCUT2D eigenvalue weighted by molar-refractivity contribution is 5.97. The van der Waals surface area contributed by atoms with Crippen molar-refractivity contribution in [1.29, 1.82) is 0 Å². The Balaban J connectivity index is 1.49. The van der Waals surface area contributed by atoms with Crippen LogP contribution in [0.4, 0.5) is 5.69 Å². The van der Waals surface area contributed by atoms with Gasteiger partial charge in [0.05, 0.1) is 19.2 Å². The Morgan fingerprint density at radius 2 is 1.62 bits per heavy atom. The molecule has 0 bridgehead atoms. The summed E-state index contributed by atoms with van der Waals surface area (Å²) < 4.78 is 21.8. The second-order valence-electron chi connectivity index (χ2n) is 7.08. The van der Waals surface area contributed by atoms with Gasteiger partial charge in [-0.3, -0.25) is 4.79 Å². The number of amides is 1. The molecule has 1 aliphatic heterocycles. The van der Waals surface area contributed by atoms with Crippen molar-refractivity contribution in [2.24, 2.45) is 0 Å². The third-order valence-corrected chi connectivity index (χ3v) is 4.94. The highest BCUT2D eigenvalue weighted by atomic mass is 16.6. The van der Waals surface area contributed by atoms with Crippen molar-refractivity contribution in [3.05, 3.63) is 83.9 Å². The highest BCUT2D eigenvalue weighted by Gasteiger charge is 2.23. The Labute approximate surface area is 186 Å². The average Bonchev–Trinajstić information content (AvgIpc) is 2.86. The molecule has 1 heterocycles. The van der Waals surface area contributed by atoms with Gasteiger partial charge in [-0.25, -0.2) is 4.79 Å². The van der Waals surface area contributed by atoms with Crippen LogP contribution in [0.3, 0.4) is 0 Å². The summed E-state index contributed by atoms with van der Waals surface area (Å²) in [5.41, 5.74) is 1.90. The van der Waals surface area contributed by atoms with E-state index in [1.807, 2.05) is 60.7 Å². The first-order valence-electron chi connectivity index (χ1n) is 10.2. The Kier molecular flexibility index (Phi) is 6.55. The van der Waals surface area contributed by atoms with Crippen LogP contribution in [-0.2, 0) is 16.1 Å². The van der Waals surface area contributed by atoms with Crippen LogP contribution in [0.25, 0.3) is 0 Å². The minimum Gasteiger partial charge on any atom is -0.493 e. The lowest BCUT2D eigenvalue weighted by atomic mass is 10.1. The maximum Gasteiger partial charge on any atom is 0.338 e. The standard InChI is InChI=1S/C25H23NO6/c1-29-21-14-19(15-22-24(21)31-13-12-30-22)25(28)32-17-23(27)26(20-10-6-3-7-11-20)16-18-8-4-2-5-9-18/h2-11,14-15H,12-13,16-17H2,1H3. The maximum absolute atomic E-state index is 13.0. The molecule has 7 nitrogen and oxygen atoms in total. The number of ether oxygens (including phenoxy) is 4. The van der Waals surface area contributed by atoms with Crippen molar-refractivity contribution < 1.29 is 28.5 Å². The van der Waals surface area contributed by atoms with Crippen molar-refractivity contribution in [2.45, 2.75) is 6.54 Å². The zero-order valence-corrected chi connectivity index (χ0v) is 17.7. The van der Waals surface area contributed by atoms with E-state index in [0.717, 1.165) is 11.3 Å². The monoisotopic (exact) mass is 433 g/mol. The summed E-state index contributed by atoms with van der Waals surface area (Å²) in [5.74, 6) is 0.239. The summed E-state index contributed by atoms with van der Waals surface area (Å²) in [6.07, 6.45) is 0. The lowest BCUT2D eigenvalue weighted by Crippen LogP contribution is -2.34. The van der Waals surface area contributed by atoms with Gasteiger partial charge in [-0.15, -0.1) is 0 Å². The fourth-order valence-corrected chi connectivity index (χ4v) is 3.38. The van der Waals surface area contributed by atoms with Gasteiger partial charge in [0.2, 0.25) is 5.75 Å². The number of esters is 1. The smallest absolute Gasteiger partial charge is 0.338 e. The Bertz CT molecular complexity index is 1070. The average molecular weight is 433 g/mol. The summed E-state index contributed by atoms with van der Waals surface area (Å²) in [6, 6.07) is 21.9. The third-order valence-electron chi connectivity index (χ3n) is 4.94. The number of hydrogen-bond acceptors (Lipinski definition) is 6.